The molecule has 0 spiro atoms. The number of aliphatic hydroxyl groups is 2. The van der Waals surface area contributed by atoms with Crippen LogP contribution in [0.1, 0.15) is 78.0 Å². The van der Waals surface area contributed by atoms with Crippen LogP contribution in [-0.2, 0) is 12.0 Å². The van der Waals surface area contributed by atoms with E-state index in [1.165, 1.54) is 0 Å². The Morgan fingerprint density at radius 1 is 1.17 bits per heavy atom. The van der Waals surface area contributed by atoms with Crippen molar-refractivity contribution in [3.05, 3.63) is 16.3 Å². The molecular weight excluding hydrogens is 382 g/mol. The molecule has 3 fully saturated rings. The molecule has 3 aliphatic rings. The topological polar surface area (TPSA) is 116 Å². The van der Waals surface area contributed by atoms with Gasteiger partial charge in [-0.15, -0.1) is 0 Å². The highest BCUT2D eigenvalue weighted by Crippen LogP contribution is 2.53. The van der Waals surface area contributed by atoms with Crippen LogP contribution < -0.4 is 11.0 Å². The number of nitrogens with zero attached hydrogens (tertiary/aromatic N) is 3. The van der Waals surface area contributed by atoms with Crippen molar-refractivity contribution >= 4 is 17.0 Å². The van der Waals surface area contributed by atoms with Gasteiger partial charge in [-0.3, -0.25) is 4.57 Å². The SMILES string of the molecule is CCCn1c(=O)nc(N[C@@H](CO)CC(C)C)c2[nH]c(C34CCC(O)(CC3)CC4)nc21. The van der Waals surface area contributed by atoms with E-state index in [-0.39, 0.29) is 23.8 Å². The second-order valence-corrected chi connectivity index (χ2v) is 9.84. The number of hydrogen-bond donors (Lipinski definition) is 4. The van der Waals surface area contributed by atoms with Gasteiger partial charge in [0.15, 0.2) is 11.5 Å². The Morgan fingerprint density at radius 2 is 1.83 bits per heavy atom. The first-order valence-corrected chi connectivity index (χ1v) is 11.4. The molecule has 2 aromatic heterocycles. The molecule has 0 amide bonds. The van der Waals surface area contributed by atoms with Crippen molar-refractivity contribution in [3.63, 3.8) is 0 Å². The van der Waals surface area contributed by atoms with Gasteiger partial charge >= 0.3 is 5.69 Å². The summed E-state index contributed by atoms with van der Waals surface area (Å²) in [7, 11) is 0. The highest BCUT2D eigenvalue weighted by molar-refractivity contribution is 5.83. The minimum atomic E-state index is -0.502. The summed E-state index contributed by atoms with van der Waals surface area (Å²) in [6.07, 6.45) is 6.72. The zero-order valence-electron chi connectivity index (χ0n) is 18.4. The summed E-state index contributed by atoms with van der Waals surface area (Å²) in [4.78, 5) is 25.6. The molecule has 1 atom stereocenters. The molecule has 30 heavy (non-hydrogen) atoms. The number of aromatic nitrogens is 4. The van der Waals surface area contributed by atoms with Gasteiger partial charge in [-0.25, -0.2) is 9.78 Å². The quantitative estimate of drug-likeness (QED) is 0.525. The van der Waals surface area contributed by atoms with Crippen LogP contribution in [0.25, 0.3) is 11.2 Å². The zero-order valence-corrected chi connectivity index (χ0v) is 18.4. The molecule has 8 heteroatoms. The molecule has 5 rings (SSSR count). The summed E-state index contributed by atoms with van der Waals surface area (Å²) >= 11 is 0. The van der Waals surface area contributed by atoms with Gasteiger partial charge in [0.05, 0.1) is 18.2 Å². The van der Waals surface area contributed by atoms with E-state index in [2.05, 4.69) is 29.1 Å². The summed E-state index contributed by atoms with van der Waals surface area (Å²) < 4.78 is 1.65. The fourth-order valence-corrected chi connectivity index (χ4v) is 5.27. The summed E-state index contributed by atoms with van der Waals surface area (Å²) in [5.74, 6) is 1.79. The third kappa shape index (κ3) is 3.75. The molecule has 166 valence electrons. The predicted molar refractivity (Wildman–Crippen MR) is 117 cm³/mol. The largest absolute Gasteiger partial charge is 0.394 e. The predicted octanol–water partition coefficient (Wildman–Crippen LogP) is 2.69. The Labute approximate surface area is 177 Å². The maximum atomic E-state index is 12.8. The molecule has 0 aliphatic heterocycles. The standard InChI is InChI=1S/C22H35N5O3/c1-4-11-27-18-16(17(25-20(27)29)23-15(13-28)12-14(2)3)24-19(26-18)21-5-8-22(30,9-6-21)10-7-21/h14-15,28,30H,4-13H2,1-3H3,(H,24,26)(H,23,25,29)/t15-,21?,22?/m1/s1. The number of H-pyrrole nitrogens is 1. The minimum absolute atomic E-state index is 0.0249. The molecule has 0 radical (unpaired) electrons. The highest BCUT2D eigenvalue weighted by atomic mass is 16.3. The smallest absolute Gasteiger partial charge is 0.351 e. The molecule has 8 nitrogen and oxygen atoms in total. The molecule has 2 aromatic rings. The molecule has 2 bridgehead atoms. The van der Waals surface area contributed by atoms with Crippen molar-refractivity contribution in [2.24, 2.45) is 5.92 Å². The number of aromatic amines is 1. The average molecular weight is 418 g/mol. The van der Waals surface area contributed by atoms with Crippen LogP contribution in [0, 0.1) is 5.92 Å². The second-order valence-electron chi connectivity index (χ2n) is 9.84. The molecular formula is C22H35N5O3. The maximum absolute atomic E-state index is 12.8. The van der Waals surface area contributed by atoms with Crippen LogP contribution in [0.3, 0.4) is 0 Å². The monoisotopic (exact) mass is 417 g/mol. The first-order valence-electron chi connectivity index (χ1n) is 11.4. The number of aliphatic hydroxyl groups excluding tert-OH is 1. The van der Waals surface area contributed by atoms with Crippen molar-refractivity contribution in [2.75, 3.05) is 11.9 Å². The third-order valence-electron chi connectivity index (χ3n) is 7.09. The Bertz CT molecular complexity index is 939. The van der Waals surface area contributed by atoms with E-state index in [1.807, 2.05) is 6.92 Å². The summed E-state index contributed by atoms with van der Waals surface area (Å²) in [5, 5.41) is 23.7. The number of nitrogens with one attached hydrogen (secondary N) is 2. The van der Waals surface area contributed by atoms with Gasteiger partial charge in [0.1, 0.15) is 11.3 Å². The number of rotatable bonds is 8. The molecule has 3 aliphatic carbocycles. The lowest BCUT2D eigenvalue weighted by atomic mass is 9.58. The molecule has 0 saturated heterocycles. The van der Waals surface area contributed by atoms with Crippen LogP contribution in [0.15, 0.2) is 4.79 Å². The van der Waals surface area contributed by atoms with Gasteiger partial charge < -0.3 is 20.5 Å². The fraction of sp³-hybridized carbons (Fsp3) is 0.773. The third-order valence-corrected chi connectivity index (χ3v) is 7.09. The van der Waals surface area contributed by atoms with E-state index in [4.69, 9.17) is 4.98 Å². The summed E-state index contributed by atoms with van der Waals surface area (Å²) in [6.45, 7) is 6.78. The average Bonchev–Trinajstić information content (AvgIpc) is 3.17. The molecule has 2 heterocycles. The minimum Gasteiger partial charge on any atom is -0.394 e. The highest BCUT2D eigenvalue weighted by Gasteiger charge is 2.50. The first-order chi connectivity index (χ1) is 14.3. The Balaban J connectivity index is 1.78. The Morgan fingerprint density at radius 3 is 2.40 bits per heavy atom. The Hall–Kier alpha value is -1.93. The number of aryl methyl sites for hydroxylation is 1. The molecule has 0 aromatic carbocycles. The van der Waals surface area contributed by atoms with E-state index in [0.717, 1.165) is 62.7 Å². The maximum Gasteiger partial charge on any atom is 0.351 e. The molecule has 3 saturated carbocycles. The lowest BCUT2D eigenvalue weighted by molar-refractivity contribution is -0.0677. The fourth-order valence-electron chi connectivity index (χ4n) is 5.27. The van der Waals surface area contributed by atoms with E-state index < -0.39 is 5.60 Å². The summed E-state index contributed by atoms with van der Waals surface area (Å²) in [5.41, 5.74) is 0.488. The normalized spacial score (nSPS) is 27.1. The number of hydrogen-bond acceptors (Lipinski definition) is 6. The van der Waals surface area contributed by atoms with E-state index >= 15 is 0 Å². The van der Waals surface area contributed by atoms with Crippen LogP contribution in [0.2, 0.25) is 0 Å². The number of imidazole rings is 1. The molecule has 4 N–H and O–H groups in total. The van der Waals surface area contributed by atoms with Crippen LogP contribution in [-0.4, -0.2) is 48.0 Å². The van der Waals surface area contributed by atoms with Crippen LogP contribution >= 0.6 is 0 Å². The van der Waals surface area contributed by atoms with Gasteiger partial charge in [-0.2, -0.15) is 4.98 Å². The number of anilines is 1. The first kappa shape index (κ1) is 21.3. The van der Waals surface area contributed by atoms with Crippen molar-refractivity contribution in [1.29, 1.82) is 0 Å². The van der Waals surface area contributed by atoms with Gasteiger partial charge in [-0.1, -0.05) is 20.8 Å². The van der Waals surface area contributed by atoms with Gasteiger partial charge in [0.2, 0.25) is 0 Å². The van der Waals surface area contributed by atoms with Gasteiger partial charge in [-0.05, 0) is 57.3 Å². The van der Waals surface area contributed by atoms with Crippen molar-refractivity contribution in [1.82, 2.24) is 19.5 Å². The van der Waals surface area contributed by atoms with Gasteiger partial charge in [0, 0.05) is 12.0 Å². The molecule has 0 unspecified atom stereocenters. The van der Waals surface area contributed by atoms with E-state index in [1.54, 1.807) is 4.57 Å². The number of fused-ring (bicyclic) bond motifs is 4. The Kier molecular flexibility index (Phi) is 5.66. The van der Waals surface area contributed by atoms with E-state index in [9.17, 15) is 15.0 Å². The lowest BCUT2D eigenvalue weighted by Gasteiger charge is -2.49. The lowest BCUT2D eigenvalue weighted by Crippen LogP contribution is -2.48. The van der Waals surface area contributed by atoms with Crippen molar-refractivity contribution in [2.45, 2.75) is 95.7 Å². The summed E-state index contributed by atoms with van der Waals surface area (Å²) in [6, 6.07) is -0.175. The van der Waals surface area contributed by atoms with E-state index in [0.29, 0.717) is 23.9 Å². The zero-order chi connectivity index (χ0) is 21.5. The van der Waals surface area contributed by atoms with Crippen molar-refractivity contribution < 1.29 is 10.2 Å². The van der Waals surface area contributed by atoms with Crippen molar-refractivity contribution in [3.8, 4) is 0 Å². The van der Waals surface area contributed by atoms with Gasteiger partial charge in [0.25, 0.3) is 0 Å². The van der Waals surface area contributed by atoms with Crippen LogP contribution in [0.4, 0.5) is 5.82 Å². The van der Waals surface area contributed by atoms with Crippen LogP contribution in [0.5, 0.6) is 0 Å². The second kappa shape index (κ2) is 7.96.